The number of carboxylic acids is 1. The summed E-state index contributed by atoms with van der Waals surface area (Å²) in [6.07, 6.45) is 4.54. The molecule has 0 heterocycles. The van der Waals surface area contributed by atoms with Crippen LogP contribution in [0.1, 0.15) is 18.4 Å². The van der Waals surface area contributed by atoms with Gasteiger partial charge in [-0.3, -0.25) is 9.59 Å². The summed E-state index contributed by atoms with van der Waals surface area (Å²) in [7, 11) is 1.59. The molecule has 0 spiro atoms. The van der Waals surface area contributed by atoms with Crippen molar-refractivity contribution in [3.8, 4) is 5.75 Å². The molecule has 112 valence electrons. The average Bonchev–Trinajstić information content (AvgIpc) is 2.47. The van der Waals surface area contributed by atoms with Crippen molar-refractivity contribution in [3.05, 3.63) is 35.9 Å². The lowest BCUT2D eigenvalue weighted by Gasteiger charge is -2.24. The fourth-order valence-corrected chi connectivity index (χ4v) is 2.57. The van der Waals surface area contributed by atoms with E-state index in [1.807, 2.05) is 25.1 Å². The minimum atomic E-state index is -0.926. The Kier molecular flexibility index (Phi) is 4.62. The van der Waals surface area contributed by atoms with Crippen molar-refractivity contribution in [3.63, 3.8) is 0 Å². The molecule has 0 saturated heterocycles. The van der Waals surface area contributed by atoms with Gasteiger partial charge in [0, 0.05) is 5.69 Å². The Balaban J connectivity index is 2.11. The fourth-order valence-electron chi connectivity index (χ4n) is 2.57. The van der Waals surface area contributed by atoms with Crippen molar-refractivity contribution >= 4 is 17.6 Å². The van der Waals surface area contributed by atoms with E-state index in [0.29, 0.717) is 18.5 Å². The van der Waals surface area contributed by atoms with Crippen molar-refractivity contribution in [2.24, 2.45) is 11.8 Å². The third-order valence-corrected chi connectivity index (χ3v) is 3.75. The predicted octanol–water partition coefficient (Wildman–Crippen LogP) is 2.61. The normalized spacial score (nSPS) is 20.9. The van der Waals surface area contributed by atoms with Crippen LogP contribution >= 0.6 is 0 Å². The Bertz CT molecular complexity index is 580. The molecular weight excluding hydrogens is 270 g/mol. The van der Waals surface area contributed by atoms with Crippen molar-refractivity contribution < 1.29 is 19.4 Å². The van der Waals surface area contributed by atoms with Crippen LogP contribution in [0, 0.1) is 18.8 Å². The van der Waals surface area contributed by atoms with E-state index in [2.05, 4.69) is 5.32 Å². The Hall–Kier alpha value is -2.30. The van der Waals surface area contributed by atoms with Gasteiger partial charge in [-0.2, -0.15) is 0 Å². The zero-order valence-electron chi connectivity index (χ0n) is 12.1. The zero-order valence-corrected chi connectivity index (χ0v) is 12.1. The van der Waals surface area contributed by atoms with Gasteiger partial charge in [-0.05, 0) is 43.5 Å². The molecule has 21 heavy (non-hydrogen) atoms. The monoisotopic (exact) mass is 289 g/mol. The number of allylic oxidation sites excluding steroid dienone is 2. The lowest BCUT2D eigenvalue weighted by molar-refractivity contribution is -0.146. The molecule has 0 aliphatic heterocycles. The molecule has 0 bridgehead atoms. The number of carbonyl (C=O) groups excluding carboxylic acids is 1. The molecule has 1 aliphatic carbocycles. The molecule has 2 atom stereocenters. The Morgan fingerprint density at radius 1 is 1.24 bits per heavy atom. The first kappa shape index (κ1) is 15.1. The van der Waals surface area contributed by atoms with Crippen LogP contribution in [-0.2, 0) is 9.59 Å². The number of methoxy groups -OCH3 is 1. The highest BCUT2D eigenvalue weighted by atomic mass is 16.5. The van der Waals surface area contributed by atoms with E-state index >= 15 is 0 Å². The Morgan fingerprint density at radius 3 is 2.48 bits per heavy atom. The van der Waals surface area contributed by atoms with Gasteiger partial charge in [-0.25, -0.2) is 0 Å². The van der Waals surface area contributed by atoms with Crippen molar-refractivity contribution in [1.29, 1.82) is 0 Å². The number of aryl methyl sites for hydroxylation is 1. The molecule has 0 aromatic heterocycles. The Labute approximate surface area is 123 Å². The smallest absolute Gasteiger partial charge is 0.307 e. The maximum absolute atomic E-state index is 12.3. The maximum Gasteiger partial charge on any atom is 0.307 e. The summed E-state index contributed by atoms with van der Waals surface area (Å²) in [5.74, 6) is -1.62. The summed E-state index contributed by atoms with van der Waals surface area (Å²) in [6, 6.07) is 5.34. The lowest BCUT2D eigenvalue weighted by Crippen LogP contribution is -2.34. The second kappa shape index (κ2) is 6.43. The number of hydrogen-bond acceptors (Lipinski definition) is 3. The van der Waals surface area contributed by atoms with E-state index in [9.17, 15) is 14.7 Å². The van der Waals surface area contributed by atoms with Crippen LogP contribution in [-0.4, -0.2) is 24.1 Å². The quantitative estimate of drug-likeness (QED) is 0.835. The summed E-state index contributed by atoms with van der Waals surface area (Å²) >= 11 is 0. The summed E-state index contributed by atoms with van der Waals surface area (Å²) in [5, 5.41) is 12.0. The van der Waals surface area contributed by atoms with Gasteiger partial charge in [-0.15, -0.1) is 0 Å². The molecule has 0 fully saturated rings. The first-order valence-corrected chi connectivity index (χ1v) is 6.86. The number of anilines is 1. The molecular formula is C16H19NO4. The first-order chi connectivity index (χ1) is 10.0. The van der Waals surface area contributed by atoms with Crippen LogP contribution in [0.3, 0.4) is 0 Å². The molecule has 2 N–H and O–H groups in total. The second-order valence-corrected chi connectivity index (χ2v) is 5.17. The van der Waals surface area contributed by atoms with E-state index < -0.39 is 17.8 Å². The van der Waals surface area contributed by atoms with Crippen molar-refractivity contribution in [2.45, 2.75) is 19.8 Å². The van der Waals surface area contributed by atoms with Gasteiger partial charge >= 0.3 is 5.97 Å². The van der Waals surface area contributed by atoms with E-state index in [0.717, 1.165) is 11.3 Å². The van der Waals surface area contributed by atoms with Crippen LogP contribution in [0.25, 0.3) is 0 Å². The first-order valence-electron chi connectivity index (χ1n) is 6.86. The zero-order chi connectivity index (χ0) is 15.4. The number of benzene rings is 1. The van der Waals surface area contributed by atoms with Crippen LogP contribution in [0.4, 0.5) is 5.69 Å². The van der Waals surface area contributed by atoms with Gasteiger partial charge < -0.3 is 15.2 Å². The molecule has 5 nitrogen and oxygen atoms in total. The standard InChI is InChI=1S/C16H19NO4/c1-10-9-11(7-8-14(10)21-2)17-15(18)12-5-3-4-6-13(12)16(19)20/h3-4,7-9,12-13H,5-6H2,1-2H3,(H,17,18)(H,19,20). The molecule has 0 saturated carbocycles. The van der Waals surface area contributed by atoms with E-state index in [1.54, 1.807) is 19.2 Å². The maximum atomic E-state index is 12.3. The Morgan fingerprint density at radius 2 is 1.90 bits per heavy atom. The molecule has 5 heteroatoms. The number of aliphatic carboxylic acids is 1. The molecule has 2 unspecified atom stereocenters. The van der Waals surface area contributed by atoms with Crippen LogP contribution in [0.2, 0.25) is 0 Å². The van der Waals surface area contributed by atoms with Crippen molar-refractivity contribution in [2.75, 3.05) is 12.4 Å². The third kappa shape index (κ3) is 3.42. The molecule has 1 aliphatic rings. The second-order valence-electron chi connectivity index (χ2n) is 5.17. The summed E-state index contributed by atoms with van der Waals surface area (Å²) in [5.41, 5.74) is 1.56. The largest absolute Gasteiger partial charge is 0.496 e. The summed E-state index contributed by atoms with van der Waals surface area (Å²) < 4.78 is 5.17. The van der Waals surface area contributed by atoms with Crippen molar-refractivity contribution in [1.82, 2.24) is 0 Å². The molecule has 2 rings (SSSR count). The highest BCUT2D eigenvalue weighted by Crippen LogP contribution is 2.28. The minimum absolute atomic E-state index is 0.253. The number of amides is 1. The topological polar surface area (TPSA) is 75.6 Å². The lowest BCUT2D eigenvalue weighted by atomic mass is 9.82. The number of ether oxygens (including phenoxy) is 1. The van der Waals surface area contributed by atoms with Gasteiger partial charge in [0.25, 0.3) is 0 Å². The highest BCUT2D eigenvalue weighted by Gasteiger charge is 2.33. The van der Waals surface area contributed by atoms with E-state index in [1.165, 1.54) is 0 Å². The van der Waals surface area contributed by atoms with Gasteiger partial charge in [0.15, 0.2) is 0 Å². The van der Waals surface area contributed by atoms with Crippen LogP contribution in [0.15, 0.2) is 30.4 Å². The molecule has 1 amide bonds. The minimum Gasteiger partial charge on any atom is -0.496 e. The number of carboxylic acid groups (broad SMARTS) is 1. The summed E-state index contributed by atoms with van der Waals surface area (Å²) in [4.78, 5) is 23.5. The van der Waals surface area contributed by atoms with Gasteiger partial charge in [0.05, 0.1) is 18.9 Å². The van der Waals surface area contributed by atoms with E-state index in [4.69, 9.17) is 4.74 Å². The fraction of sp³-hybridized carbons (Fsp3) is 0.375. The number of nitrogens with one attached hydrogen (secondary N) is 1. The highest BCUT2D eigenvalue weighted by molar-refractivity contribution is 5.95. The number of hydrogen-bond donors (Lipinski definition) is 2. The van der Waals surface area contributed by atoms with Gasteiger partial charge in [0.1, 0.15) is 5.75 Å². The average molecular weight is 289 g/mol. The SMILES string of the molecule is COc1ccc(NC(=O)C2CC=CCC2C(=O)O)cc1C. The molecule has 1 aromatic rings. The third-order valence-electron chi connectivity index (χ3n) is 3.75. The van der Waals surface area contributed by atoms with Gasteiger partial charge in [-0.1, -0.05) is 12.2 Å². The molecule has 1 aromatic carbocycles. The van der Waals surface area contributed by atoms with Crippen LogP contribution < -0.4 is 10.1 Å². The summed E-state index contributed by atoms with van der Waals surface area (Å²) in [6.45, 7) is 1.89. The number of carbonyl (C=O) groups is 2. The van der Waals surface area contributed by atoms with Crippen LogP contribution in [0.5, 0.6) is 5.75 Å². The molecule has 0 radical (unpaired) electrons. The number of rotatable bonds is 4. The van der Waals surface area contributed by atoms with E-state index in [-0.39, 0.29) is 5.91 Å². The predicted molar refractivity (Wildman–Crippen MR) is 79.4 cm³/mol. The van der Waals surface area contributed by atoms with Gasteiger partial charge in [0.2, 0.25) is 5.91 Å².